The number of carbonyl (C=O) groups is 2. The Morgan fingerprint density at radius 1 is 1.02 bits per heavy atom. The Kier molecular flexibility index (Phi) is 13.7. The van der Waals surface area contributed by atoms with Gasteiger partial charge in [0, 0.05) is 46.3 Å². The fourth-order valence-electron chi connectivity index (χ4n) is 5.28. The molecule has 248 valence electrons. The van der Waals surface area contributed by atoms with E-state index < -0.39 is 13.1 Å². The standard InChI is InChI=1S/C31H43BN6O7S/c1-20-26-16-21(6-8-25(26)30(33)38-37-20)27-17-22(32(41)42)7-9-28(27)45-15-14-44-13-12-43-11-10-35-29(39)5-3-2-4-24-18-23(19-46-24)36-31(34)40/h6-9,16-17,23-24,41-42H,2-5,10-15,18-19H2,1H3,(H2,33,38)(H,35,39)(H3,34,36,40)/t23-,24+/m1/s1. The Hall–Kier alpha value is -3.63. The number of fused-ring (bicyclic) bond motifs is 1. The molecule has 0 spiro atoms. The van der Waals surface area contributed by atoms with Crippen molar-refractivity contribution in [3.63, 3.8) is 0 Å². The van der Waals surface area contributed by atoms with Gasteiger partial charge in [0.1, 0.15) is 12.4 Å². The number of primary amides is 1. The molecule has 3 amide bonds. The highest BCUT2D eigenvalue weighted by Crippen LogP contribution is 2.33. The highest BCUT2D eigenvalue weighted by molar-refractivity contribution is 8.00. The number of urea groups is 1. The van der Waals surface area contributed by atoms with Crippen molar-refractivity contribution < 1.29 is 33.8 Å². The SMILES string of the molecule is Cc1nnc(N)c2ccc(-c3cc(B(O)O)ccc3OCCOCCOCCNC(=O)CCCC[C@H]3C[C@@H](NC(N)=O)CS3)cc12. The Bertz CT molecular complexity index is 1470. The molecule has 46 heavy (non-hydrogen) atoms. The van der Waals surface area contributed by atoms with Gasteiger partial charge in [-0.3, -0.25) is 4.79 Å². The van der Waals surface area contributed by atoms with E-state index >= 15 is 0 Å². The minimum absolute atomic E-state index is 0.0156. The van der Waals surface area contributed by atoms with Crippen molar-refractivity contribution in [2.45, 2.75) is 50.3 Å². The van der Waals surface area contributed by atoms with Gasteiger partial charge in [0.05, 0.1) is 32.1 Å². The molecule has 1 fully saturated rings. The highest BCUT2D eigenvalue weighted by atomic mass is 32.2. The van der Waals surface area contributed by atoms with E-state index in [2.05, 4.69) is 20.8 Å². The zero-order valence-corrected chi connectivity index (χ0v) is 26.9. The molecule has 4 rings (SSSR count). The summed E-state index contributed by atoms with van der Waals surface area (Å²) in [7, 11) is -1.62. The maximum absolute atomic E-state index is 12.1. The summed E-state index contributed by atoms with van der Waals surface area (Å²) in [6.07, 6.45) is 4.24. The lowest BCUT2D eigenvalue weighted by Crippen LogP contribution is -2.38. The third-order valence-electron chi connectivity index (χ3n) is 7.64. The van der Waals surface area contributed by atoms with Gasteiger partial charge in [-0.05, 0) is 55.4 Å². The van der Waals surface area contributed by atoms with E-state index in [4.69, 9.17) is 25.7 Å². The van der Waals surface area contributed by atoms with Crippen molar-refractivity contribution in [3.8, 4) is 16.9 Å². The smallest absolute Gasteiger partial charge is 0.488 e. The maximum atomic E-state index is 12.1. The van der Waals surface area contributed by atoms with Gasteiger partial charge < -0.3 is 46.4 Å². The molecule has 1 saturated heterocycles. The number of hydrogen-bond donors (Lipinski definition) is 6. The zero-order valence-electron chi connectivity index (χ0n) is 26.1. The van der Waals surface area contributed by atoms with Crippen LogP contribution >= 0.6 is 11.8 Å². The molecule has 1 aliphatic heterocycles. The average molecular weight is 655 g/mol. The van der Waals surface area contributed by atoms with Crippen LogP contribution in [0.3, 0.4) is 0 Å². The summed E-state index contributed by atoms with van der Waals surface area (Å²) < 4.78 is 17.2. The first-order valence-electron chi connectivity index (χ1n) is 15.5. The number of benzene rings is 2. The fraction of sp³-hybridized carbons (Fsp3) is 0.484. The van der Waals surface area contributed by atoms with Gasteiger partial charge in [0.2, 0.25) is 5.91 Å². The van der Waals surface area contributed by atoms with E-state index in [1.54, 1.807) is 18.2 Å². The van der Waals surface area contributed by atoms with Crippen molar-refractivity contribution >= 4 is 52.9 Å². The predicted molar refractivity (Wildman–Crippen MR) is 180 cm³/mol. The molecule has 2 aromatic carbocycles. The second-order valence-corrected chi connectivity index (χ2v) is 12.5. The summed E-state index contributed by atoms with van der Waals surface area (Å²) >= 11 is 1.85. The first-order valence-corrected chi connectivity index (χ1v) is 16.5. The number of amides is 3. The summed E-state index contributed by atoms with van der Waals surface area (Å²) in [6, 6.07) is 10.3. The Morgan fingerprint density at radius 3 is 2.59 bits per heavy atom. The number of anilines is 1. The summed E-state index contributed by atoms with van der Waals surface area (Å²) in [5, 5.41) is 35.3. The number of thioether (sulfide) groups is 1. The van der Waals surface area contributed by atoms with Gasteiger partial charge in [0.15, 0.2) is 5.82 Å². The van der Waals surface area contributed by atoms with Crippen LogP contribution in [0.1, 0.15) is 37.8 Å². The van der Waals surface area contributed by atoms with Crippen LogP contribution in [0.2, 0.25) is 0 Å². The number of unbranched alkanes of at least 4 members (excludes halogenated alkanes) is 1. The first kappa shape index (κ1) is 35.2. The van der Waals surface area contributed by atoms with Gasteiger partial charge in [-0.25, -0.2) is 4.79 Å². The molecule has 0 aliphatic carbocycles. The summed E-state index contributed by atoms with van der Waals surface area (Å²) in [5.41, 5.74) is 13.7. The molecule has 13 nitrogen and oxygen atoms in total. The summed E-state index contributed by atoms with van der Waals surface area (Å²) in [4.78, 5) is 23.1. The molecule has 2 atom stereocenters. The second-order valence-electron chi connectivity index (χ2n) is 11.1. The topological polar surface area (TPSA) is 204 Å². The molecule has 0 radical (unpaired) electrons. The molecule has 0 saturated carbocycles. The molecule has 2 heterocycles. The minimum atomic E-state index is -1.62. The van der Waals surface area contributed by atoms with Crippen molar-refractivity contribution in [2.24, 2.45) is 5.73 Å². The number of hydrogen-bond acceptors (Lipinski definition) is 11. The fourth-order valence-corrected chi connectivity index (χ4v) is 6.71. The lowest BCUT2D eigenvalue weighted by atomic mass is 9.79. The molecule has 1 aromatic heterocycles. The Labute approximate surface area is 273 Å². The van der Waals surface area contributed by atoms with E-state index in [9.17, 15) is 19.6 Å². The van der Waals surface area contributed by atoms with E-state index in [-0.39, 0.29) is 18.6 Å². The third-order valence-corrected chi connectivity index (χ3v) is 9.13. The molecule has 1 aliphatic rings. The molecular formula is C31H43BN6O7S. The Morgan fingerprint density at radius 2 is 1.80 bits per heavy atom. The maximum Gasteiger partial charge on any atom is 0.488 e. The van der Waals surface area contributed by atoms with Crippen LogP contribution in [0.25, 0.3) is 21.9 Å². The van der Waals surface area contributed by atoms with Crippen LogP contribution in [0.15, 0.2) is 36.4 Å². The molecule has 8 N–H and O–H groups in total. The molecule has 0 bridgehead atoms. The van der Waals surface area contributed by atoms with Gasteiger partial charge >= 0.3 is 13.1 Å². The van der Waals surface area contributed by atoms with E-state index in [0.717, 1.165) is 53.5 Å². The number of nitrogens with two attached hydrogens (primary N) is 2. The van der Waals surface area contributed by atoms with E-state index in [0.29, 0.717) is 67.2 Å². The number of rotatable bonds is 18. The predicted octanol–water partition coefficient (Wildman–Crippen LogP) is 1.50. The zero-order chi connectivity index (χ0) is 32.9. The van der Waals surface area contributed by atoms with Gasteiger partial charge in [-0.15, -0.1) is 5.10 Å². The highest BCUT2D eigenvalue weighted by Gasteiger charge is 2.25. The molecule has 3 aromatic rings. The number of ether oxygens (including phenoxy) is 3. The van der Waals surface area contributed by atoms with Crippen molar-refractivity contribution in [1.82, 2.24) is 20.8 Å². The average Bonchev–Trinajstić information content (AvgIpc) is 3.48. The van der Waals surface area contributed by atoms with Crippen LogP contribution in [0.4, 0.5) is 10.6 Å². The number of nitrogens with one attached hydrogen (secondary N) is 2. The molecule has 0 unspecified atom stereocenters. The van der Waals surface area contributed by atoms with Crippen LogP contribution in [-0.2, 0) is 14.3 Å². The second kappa shape index (κ2) is 17.9. The summed E-state index contributed by atoms with van der Waals surface area (Å²) in [5.74, 6) is 1.81. The summed E-state index contributed by atoms with van der Waals surface area (Å²) in [6.45, 7) is 4.06. The van der Waals surface area contributed by atoms with Gasteiger partial charge in [-0.1, -0.05) is 24.6 Å². The number of nitrogen functional groups attached to an aromatic ring is 1. The van der Waals surface area contributed by atoms with Gasteiger partial charge in [0.25, 0.3) is 0 Å². The van der Waals surface area contributed by atoms with Crippen molar-refractivity contribution in [2.75, 3.05) is 51.1 Å². The quantitative estimate of drug-likeness (QED) is 0.0857. The molecular weight excluding hydrogens is 611 g/mol. The van der Waals surface area contributed by atoms with E-state index in [1.165, 1.54) is 0 Å². The van der Waals surface area contributed by atoms with Crippen LogP contribution < -0.4 is 32.3 Å². The lowest BCUT2D eigenvalue weighted by Gasteiger charge is -2.15. The minimum Gasteiger partial charge on any atom is -0.491 e. The third kappa shape index (κ3) is 10.7. The first-order chi connectivity index (χ1) is 22.2. The van der Waals surface area contributed by atoms with Gasteiger partial charge in [-0.2, -0.15) is 16.9 Å². The normalized spacial score (nSPS) is 16.0. The number of nitrogens with zero attached hydrogens (tertiary/aromatic N) is 2. The number of aryl methyl sites for hydroxylation is 1. The molecule has 15 heteroatoms. The van der Waals surface area contributed by atoms with Crippen LogP contribution in [-0.4, -0.2) is 95.9 Å². The van der Waals surface area contributed by atoms with E-state index in [1.807, 2.05) is 36.9 Å². The largest absolute Gasteiger partial charge is 0.491 e. The Balaban J connectivity index is 1.09. The van der Waals surface area contributed by atoms with Crippen molar-refractivity contribution in [1.29, 1.82) is 0 Å². The van der Waals surface area contributed by atoms with Crippen molar-refractivity contribution in [3.05, 3.63) is 42.1 Å². The number of aromatic nitrogens is 2. The monoisotopic (exact) mass is 654 g/mol. The van der Waals surface area contributed by atoms with Crippen LogP contribution in [0.5, 0.6) is 5.75 Å². The number of carbonyl (C=O) groups excluding carboxylic acids is 2. The van der Waals surface area contributed by atoms with Crippen LogP contribution in [0, 0.1) is 6.92 Å². The lowest BCUT2D eigenvalue weighted by molar-refractivity contribution is -0.121.